The Hall–Kier alpha value is -1.55. The normalized spacial score (nSPS) is 10.6. The van der Waals surface area contributed by atoms with Gasteiger partial charge in [0.25, 0.3) is 0 Å². The first kappa shape index (κ1) is 12.9. The molecular formula is C14H13F2NS. The second-order valence-electron chi connectivity index (χ2n) is 4.04. The van der Waals surface area contributed by atoms with Crippen molar-refractivity contribution in [3.8, 4) is 0 Å². The first-order valence-corrected chi connectivity index (χ1v) is 6.47. The van der Waals surface area contributed by atoms with Gasteiger partial charge in [0.15, 0.2) is 0 Å². The number of aryl methyl sites for hydroxylation is 1. The predicted molar refractivity (Wildman–Crippen MR) is 71.5 cm³/mol. The van der Waals surface area contributed by atoms with E-state index >= 15 is 0 Å². The van der Waals surface area contributed by atoms with Gasteiger partial charge in [-0.25, -0.2) is 8.78 Å². The maximum atomic E-state index is 13.4. The van der Waals surface area contributed by atoms with Crippen molar-refractivity contribution < 1.29 is 8.78 Å². The standard InChI is InChI=1S/C14H13F2NS/c1-9-6-12(4-5-14(9)17)18-8-10-2-3-11(15)7-13(10)16/h2-7H,8,17H2,1H3. The summed E-state index contributed by atoms with van der Waals surface area (Å²) in [5.74, 6) is -0.589. The molecule has 0 bridgehead atoms. The molecule has 2 aromatic carbocycles. The summed E-state index contributed by atoms with van der Waals surface area (Å²) in [4.78, 5) is 1.02. The van der Waals surface area contributed by atoms with Gasteiger partial charge >= 0.3 is 0 Å². The fourth-order valence-electron chi connectivity index (χ4n) is 1.54. The molecule has 0 aliphatic carbocycles. The van der Waals surface area contributed by atoms with Crippen LogP contribution in [0.25, 0.3) is 0 Å². The van der Waals surface area contributed by atoms with Crippen LogP contribution >= 0.6 is 11.8 Å². The van der Waals surface area contributed by atoms with E-state index in [9.17, 15) is 8.78 Å². The number of thioether (sulfide) groups is 1. The van der Waals surface area contributed by atoms with Gasteiger partial charge in [0.1, 0.15) is 11.6 Å². The molecule has 0 aliphatic heterocycles. The van der Waals surface area contributed by atoms with Crippen LogP contribution in [-0.4, -0.2) is 0 Å². The van der Waals surface area contributed by atoms with Crippen LogP contribution in [0.2, 0.25) is 0 Å². The Morgan fingerprint density at radius 3 is 2.56 bits per heavy atom. The summed E-state index contributed by atoms with van der Waals surface area (Å²) in [6.45, 7) is 1.93. The summed E-state index contributed by atoms with van der Waals surface area (Å²) < 4.78 is 26.2. The van der Waals surface area contributed by atoms with Gasteiger partial charge in [-0.15, -0.1) is 11.8 Å². The Morgan fingerprint density at radius 1 is 1.11 bits per heavy atom. The Bertz CT molecular complexity index is 570. The summed E-state index contributed by atoms with van der Waals surface area (Å²) in [5, 5.41) is 0. The Balaban J connectivity index is 2.09. The van der Waals surface area contributed by atoms with Gasteiger partial charge in [-0.1, -0.05) is 6.07 Å². The highest BCUT2D eigenvalue weighted by Crippen LogP contribution is 2.26. The number of hydrogen-bond donors (Lipinski definition) is 1. The third kappa shape index (κ3) is 3.01. The molecule has 2 rings (SSSR count). The second kappa shape index (κ2) is 5.40. The van der Waals surface area contributed by atoms with Crippen LogP contribution in [0.5, 0.6) is 0 Å². The molecule has 2 aromatic rings. The number of anilines is 1. The minimum Gasteiger partial charge on any atom is -0.399 e. The summed E-state index contributed by atoms with van der Waals surface area (Å²) in [5.41, 5.74) is 7.96. The lowest BCUT2D eigenvalue weighted by atomic mass is 10.2. The Labute approximate surface area is 109 Å². The van der Waals surface area contributed by atoms with Gasteiger partial charge in [-0.3, -0.25) is 0 Å². The van der Waals surface area contributed by atoms with E-state index in [0.717, 1.165) is 22.2 Å². The molecule has 0 unspecified atom stereocenters. The van der Waals surface area contributed by atoms with Crippen LogP contribution in [0.15, 0.2) is 41.3 Å². The highest BCUT2D eigenvalue weighted by atomic mass is 32.2. The average molecular weight is 265 g/mol. The molecule has 94 valence electrons. The van der Waals surface area contributed by atoms with Crippen molar-refractivity contribution >= 4 is 17.4 Å². The topological polar surface area (TPSA) is 26.0 Å². The molecule has 0 spiro atoms. The third-order valence-electron chi connectivity index (χ3n) is 2.65. The van der Waals surface area contributed by atoms with Crippen molar-refractivity contribution in [1.29, 1.82) is 0 Å². The van der Waals surface area contributed by atoms with Crippen molar-refractivity contribution in [3.63, 3.8) is 0 Å². The Morgan fingerprint density at radius 2 is 1.89 bits per heavy atom. The lowest BCUT2D eigenvalue weighted by molar-refractivity contribution is 0.576. The highest BCUT2D eigenvalue weighted by Gasteiger charge is 2.05. The van der Waals surface area contributed by atoms with E-state index in [1.165, 1.54) is 23.9 Å². The molecule has 1 nitrogen and oxygen atoms in total. The SMILES string of the molecule is Cc1cc(SCc2ccc(F)cc2F)ccc1N. The maximum Gasteiger partial charge on any atom is 0.130 e. The largest absolute Gasteiger partial charge is 0.399 e. The zero-order chi connectivity index (χ0) is 13.1. The molecule has 0 heterocycles. The van der Waals surface area contributed by atoms with Crippen molar-refractivity contribution in [3.05, 3.63) is 59.2 Å². The van der Waals surface area contributed by atoms with Gasteiger partial charge in [0, 0.05) is 22.4 Å². The molecular weight excluding hydrogens is 252 g/mol. The van der Waals surface area contributed by atoms with E-state index in [0.29, 0.717) is 11.3 Å². The molecule has 0 saturated heterocycles. The van der Waals surface area contributed by atoms with Crippen molar-refractivity contribution in [2.24, 2.45) is 0 Å². The molecule has 0 aliphatic rings. The van der Waals surface area contributed by atoms with Crippen LogP contribution in [-0.2, 0) is 5.75 Å². The summed E-state index contributed by atoms with van der Waals surface area (Å²) in [6, 6.07) is 9.34. The van der Waals surface area contributed by atoms with E-state index in [4.69, 9.17) is 5.73 Å². The third-order valence-corrected chi connectivity index (χ3v) is 3.69. The first-order valence-electron chi connectivity index (χ1n) is 5.49. The van der Waals surface area contributed by atoms with E-state index in [-0.39, 0.29) is 0 Å². The minimum absolute atomic E-state index is 0.468. The monoisotopic (exact) mass is 265 g/mol. The number of nitrogens with two attached hydrogens (primary N) is 1. The maximum absolute atomic E-state index is 13.4. The van der Waals surface area contributed by atoms with Gasteiger partial charge in [-0.2, -0.15) is 0 Å². The molecule has 0 aromatic heterocycles. The Kier molecular flexibility index (Phi) is 3.87. The molecule has 2 N–H and O–H groups in total. The number of benzene rings is 2. The van der Waals surface area contributed by atoms with Crippen LogP contribution in [0.1, 0.15) is 11.1 Å². The van der Waals surface area contributed by atoms with Gasteiger partial charge in [0.2, 0.25) is 0 Å². The second-order valence-corrected chi connectivity index (χ2v) is 5.09. The van der Waals surface area contributed by atoms with Crippen LogP contribution in [0, 0.1) is 18.6 Å². The number of rotatable bonds is 3. The van der Waals surface area contributed by atoms with Crippen LogP contribution < -0.4 is 5.73 Å². The predicted octanol–water partition coefficient (Wildman–Crippen LogP) is 4.15. The first-order chi connectivity index (χ1) is 8.56. The zero-order valence-corrected chi connectivity index (χ0v) is 10.7. The summed E-state index contributed by atoms with van der Waals surface area (Å²) in [7, 11) is 0. The molecule has 4 heteroatoms. The average Bonchev–Trinajstić information content (AvgIpc) is 2.32. The van der Waals surface area contributed by atoms with Crippen molar-refractivity contribution in [1.82, 2.24) is 0 Å². The van der Waals surface area contributed by atoms with Gasteiger partial charge in [-0.05, 0) is 42.3 Å². The summed E-state index contributed by atoms with van der Waals surface area (Å²) >= 11 is 1.50. The van der Waals surface area contributed by atoms with E-state index in [1.54, 1.807) is 0 Å². The van der Waals surface area contributed by atoms with E-state index in [1.807, 2.05) is 25.1 Å². The smallest absolute Gasteiger partial charge is 0.130 e. The van der Waals surface area contributed by atoms with E-state index in [2.05, 4.69) is 0 Å². The molecule has 18 heavy (non-hydrogen) atoms. The molecule has 0 atom stereocenters. The fourth-order valence-corrected chi connectivity index (χ4v) is 2.52. The van der Waals surface area contributed by atoms with E-state index < -0.39 is 11.6 Å². The van der Waals surface area contributed by atoms with Gasteiger partial charge < -0.3 is 5.73 Å². The summed E-state index contributed by atoms with van der Waals surface area (Å²) in [6.07, 6.45) is 0. The van der Waals surface area contributed by atoms with Crippen molar-refractivity contribution in [2.45, 2.75) is 17.6 Å². The minimum atomic E-state index is -0.551. The number of nitrogen functional groups attached to an aromatic ring is 1. The number of halogens is 2. The quantitative estimate of drug-likeness (QED) is 0.666. The molecule has 0 saturated carbocycles. The highest BCUT2D eigenvalue weighted by molar-refractivity contribution is 7.98. The zero-order valence-electron chi connectivity index (χ0n) is 9.91. The lowest BCUT2D eigenvalue weighted by Gasteiger charge is -2.06. The van der Waals surface area contributed by atoms with Gasteiger partial charge in [0.05, 0.1) is 0 Å². The van der Waals surface area contributed by atoms with Crippen molar-refractivity contribution in [2.75, 3.05) is 5.73 Å². The molecule has 0 amide bonds. The molecule has 0 radical (unpaired) electrons. The molecule has 0 fully saturated rings. The van der Waals surface area contributed by atoms with Crippen LogP contribution in [0.3, 0.4) is 0 Å². The number of hydrogen-bond acceptors (Lipinski definition) is 2. The lowest BCUT2D eigenvalue weighted by Crippen LogP contribution is -1.91. The van der Waals surface area contributed by atoms with Crippen LogP contribution in [0.4, 0.5) is 14.5 Å². The fraction of sp³-hybridized carbons (Fsp3) is 0.143.